The minimum Gasteiger partial charge on any atom is -0.465 e. The molecule has 1 fully saturated rings. The summed E-state index contributed by atoms with van der Waals surface area (Å²) in [6.45, 7) is 11.0. The zero-order valence-electron chi connectivity index (χ0n) is 17.8. The van der Waals surface area contributed by atoms with Crippen molar-refractivity contribution in [3.05, 3.63) is 58.5 Å². The van der Waals surface area contributed by atoms with Crippen LogP contribution >= 0.6 is 24.0 Å². The quantitative estimate of drug-likeness (QED) is 0.352. The maximum atomic E-state index is 5.94. The average molecular weight is 512 g/mol. The van der Waals surface area contributed by atoms with Crippen molar-refractivity contribution in [2.24, 2.45) is 4.99 Å². The summed E-state index contributed by atoms with van der Waals surface area (Å²) in [6.07, 6.45) is 0. The predicted molar refractivity (Wildman–Crippen MR) is 128 cm³/mol. The molecule has 0 bridgehead atoms. The van der Waals surface area contributed by atoms with Crippen LogP contribution in [0, 0.1) is 20.8 Å². The molecular weight excluding hydrogens is 479 g/mol. The van der Waals surface area contributed by atoms with Crippen molar-refractivity contribution >= 4 is 29.9 Å². The molecule has 1 saturated heterocycles. The molecule has 1 aliphatic rings. The van der Waals surface area contributed by atoms with Gasteiger partial charge >= 0.3 is 0 Å². The molecule has 2 N–H and O–H groups in total. The molecule has 1 unspecified atom stereocenters. The third kappa shape index (κ3) is 6.72. The van der Waals surface area contributed by atoms with Crippen molar-refractivity contribution in [3.63, 3.8) is 0 Å². The van der Waals surface area contributed by atoms with E-state index in [1.54, 1.807) is 7.05 Å². The standard InChI is InChI=1S/C22H32N4O2.HI/c1-16-5-7-19(17(2)13-16)14-24-22(23-4)25-15-20(21-8-6-18(3)28-21)26-9-11-27-12-10-26;/h5-8,13,20H,9-12,14-15H2,1-4H3,(H2,23,24,25);1H. The first-order valence-electron chi connectivity index (χ1n) is 9.95. The van der Waals surface area contributed by atoms with Crippen molar-refractivity contribution in [1.29, 1.82) is 0 Å². The van der Waals surface area contributed by atoms with Gasteiger partial charge in [0.1, 0.15) is 11.5 Å². The number of guanidine groups is 1. The first-order valence-corrected chi connectivity index (χ1v) is 9.95. The molecule has 2 heterocycles. The first-order chi connectivity index (χ1) is 13.6. The van der Waals surface area contributed by atoms with Crippen LogP contribution in [0.1, 0.15) is 34.3 Å². The number of nitrogens with one attached hydrogen (secondary N) is 2. The zero-order valence-corrected chi connectivity index (χ0v) is 20.2. The fourth-order valence-corrected chi connectivity index (χ4v) is 3.57. The molecule has 29 heavy (non-hydrogen) atoms. The number of halogens is 1. The molecule has 7 heteroatoms. The van der Waals surface area contributed by atoms with Crippen LogP contribution < -0.4 is 10.6 Å². The van der Waals surface area contributed by atoms with Gasteiger partial charge in [-0.05, 0) is 44.0 Å². The van der Waals surface area contributed by atoms with E-state index in [4.69, 9.17) is 9.15 Å². The molecule has 2 aromatic rings. The smallest absolute Gasteiger partial charge is 0.191 e. The highest BCUT2D eigenvalue weighted by molar-refractivity contribution is 14.0. The van der Waals surface area contributed by atoms with Gasteiger partial charge in [-0.25, -0.2) is 0 Å². The largest absolute Gasteiger partial charge is 0.465 e. The Morgan fingerprint density at radius 3 is 2.48 bits per heavy atom. The van der Waals surface area contributed by atoms with Crippen molar-refractivity contribution in [3.8, 4) is 0 Å². The number of aliphatic imine (C=N–C) groups is 1. The Labute approximate surface area is 191 Å². The van der Waals surface area contributed by atoms with Crippen LogP contribution in [0.4, 0.5) is 0 Å². The van der Waals surface area contributed by atoms with E-state index in [-0.39, 0.29) is 30.0 Å². The van der Waals surface area contributed by atoms with Gasteiger partial charge in [-0.2, -0.15) is 0 Å². The van der Waals surface area contributed by atoms with Crippen molar-refractivity contribution in [1.82, 2.24) is 15.5 Å². The van der Waals surface area contributed by atoms with Crippen LogP contribution in [0.15, 0.2) is 39.7 Å². The Kier molecular flexibility index (Phi) is 9.45. The van der Waals surface area contributed by atoms with Gasteiger partial charge in [0.15, 0.2) is 5.96 Å². The maximum Gasteiger partial charge on any atom is 0.191 e. The fourth-order valence-electron chi connectivity index (χ4n) is 3.57. The summed E-state index contributed by atoms with van der Waals surface area (Å²) in [5.41, 5.74) is 3.85. The number of rotatable bonds is 6. The van der Waals surface area contributed by atoms with E-state index < -0.39 is 0 Å². The number of benzene rings is 1. The lowest BCUT2D eigenvalue weighted by atomic mass is 10.1. The third-order valence-corrected chi connectivity index (χ3v) is 5.21. The van der Waals surface area contributed by atoms with E-state index in [1.165, 1.54) is 16.7 Å². The summed E-state index contributed by atoms with van der Waals surface area (Å²) in [5, 5.41) is 6.90. The van der Waals surface area contributed by atoms with Gasteiger partial charge in [0.2, 0.25) is 0 Å². The van der Waals surface area contributed by atoms with Gasteiger partial charge in [-0.3, -0.25) is 9.89 Å². The van der Waals surface area contributed by atoms with E-state index in [0.717, 1.165) is 56.9 Å². The maximum absolute atomic E-state index is 5.94. The molecule has 0 radical (unpaired) electrons. The van der Waals surface area contributed by atoms with Gasteiger partial charge in [0.05, 0.1) is 19.3 Å². The summed E-state index contributed by atoms with van der Waals surface area (Å²) >= 11 is 0. The number of nitrogens with zero attached hydrogens (tertiary/aromatic N) is 2. The van der Waals surface area contributed by atoms with E-state index >= 15 is 0 Å². The molecule has 6 nitrogen and oxygen atoms in total. The number of hydrogen-bond acceptors (Lipinski definition) is 4. The van der Waals surface area contributed by atoms with E-state index in [1.807, 2.05) is 13.0 Å². The fraction of sp³-hybridized carbons (Fsp3) is 0.500. The van der Waals surface area contributed by atoms with Gasteiger partial charge in [-0.1, -0.05) is 23.8 Å². The predicted octanol–water partition coefficient (Wildman–Crippen LogP) is 3.56. The lowest BCUT2D eigenvalue weighted by Crippen LogP contribution is -2.46. The summed E-state index contributed by atoms with van der Waals surface area (Å²) in [4.78, 5) is 6.80. The molecule has 1 aromatic heterocycles. The van der Waals surface area contributed by atoms with Crippen molar-refractivity contribution in [2.45, 2.75) is 33.4 Å². The SMILES string of the molecule is CN=C(NCc1ccc(C)cc1C)NCC(c1ccc(C)o1)N1CCOCC1.I. The van der Waals surface area contributed by atoms with Crippen molar-refractivity contribution in [2.75, 3.05) is 39.9 Å². The van der Waals surface area contributed by atoms with Crippen LogP contribution in [-0.2, 0) is 11.3 Å². The molecular formula is C22H33IN4O2. The van der Waals surface area contributed by atoms with Crippen molar-refractivity contribution < 1.29 is 9.15 Å². The van der Waals surface area contributed by atoms with Gasteiger partial charge in [-0.15, -0.1) is 24.0 Å². The van der Waals surface area contributed by atoms with Crippen LogP contribution in [-0.4, -0.2) is 50.8 Å². The molecule has 0 aliphatic carbocycles. The molecule has 160 valence electrons. The Balaban J connectivity index is 0.00000300. The topological polar surface area (TPSA) is 62.0 Å². The second-order valence-electron chi connectivity index (χ2n) is 7.35. The van der Waals surface area contributed by atoms with Gasteiger partial charge in [0.25, 0.3) is 0 Å². The third-order valence-electron chi connectivity index (χ3n) is 5.21. The molecule has 1 aliphatic heterocycles. The highest BCUT2D eigenvalue weighted by Crippen LogP contribution is 2.23. The Morgan fingerprint density at radius 2 is 1.86 bits per heavy atom. The molecule has 3 rings (SSSR count). The highest BCUT2D eigenvalue weighted by atomic mass is 127. The zero-order chi connectivity index (χ0) is 19.9. The number of hydrogen-bond donors (Lipinski definition) is 2. The average Bonchev–Trinajstić information content (AvgIpc) is 3.12. The highest BCUT2D eigenvalue weighted by Gasteiger charge is 2.25. The van der Waals surface area contributed by atoms with Gasteiger partial charge < -0.3 is 19.8 Å². The molecule has 0 spiro atoms. The van der Waals surface area contributed by atoms with Crippen LogP contribution in [0.3, 0.4) is 0 Å². The second kappa shape index (κ2) is 11.6. The molecule has 0 amide bonds. The van der Waals surface area contributed by atoms with E-state index in [9.17, 15) is 0 Å². The molecule has 1 atom stereocenters. The summed E-state index contributed by atoms with van der Waals surface area (Å²) in [5.74, 6) is 2.71. The number of ether oxygens (including phenoxy) is 1. The number of morpholine rings is 1. The Morgan fingerprint density at radius 1 is 1.10 bits per heavy atom. The minimum absolute atomic E-state index is 0. The van der Waals surface area contributed by atoms with E-state index in [2.05, 4.69) is 58.6 Å². The molecule has 1 aromatic carbocycles. The lowest BCUT2D eigenvalue weighted by molar-refractivity contribution is 0.0124. The lowest BCUT2D eigenvalue weighted by Gasteiger charge is -2.33. The monoisotopic (exact) mass is 512 g/mol. The van der Waals surface area contributed by atoms with Crippen LogP contribution in [0.5, 0.6) is 0 Å². The number of aryl methyl sites for hydroxylation is 3. The van der Waals surface area contributed by atoms with Gasteiger partial charge in [0, 0.05) is 33.2 Å². The Bertz CT molecular complexity index is 800. The number of furan rings is 1. The Hall–Kier alpha value is -1.58. The minimum atomic E-state index is 0. The second-order valence-corrected chi connectivity index (χ2v) is 7.35. The normalized spacial score (nSPS) is 16.2. The van der Waals surface area contributed by atoms with Crippen LogP contribution in [0.25, 0.3) is 0 Å². The first kappa shape index (κ1) is 23.7. The summed E-state index contributed by atoms with van der Waals surface area (Å²) in [6, 6.07) is 10.8. The van der Waals surface area contributed by atoms with Crippen LogP contribution in [0.2, 0.25) is 0 Å². The summed E-state index contributed by atoms with van der Waals surface area (Å²) in [7, 11) is 1.80. The summed E-state index contributed by atoms with van der Waals surface area (Å²) < 4.78 is 11.5. The van der Waals surface area contributed by atoms with E-state index in [0.29, 0.717) is 0 Å². The molecule has 0 saturated carbocycles.